The van der Waals surface area contributed by atoms with Gasteiger partial charge in [0.15, 0.2) is 5.11 Å². The number of hydrogen-bond donors (Lipinski definition) is 1. The van der Waals surface area contributed by atoms with Gasteiger partial charge in [-0.15, -0.1) is 0 Å². The van der Waals surface area contributed by atoms with Crippen molar-refractivity contribution in [2.24, 2.45) is 0 Å². The molecule has 0 saturated carbocycles. The van der Waals surface area contributed by atoms with E-state index in [4.69, 9.17) is 17.0 Å². The maximum atomic E-state index is 12.7. The van der Waals surface area contributed by atoms with Crippen molar-refractivity contribution >= 4 is 40.9 Å². The molecule has 2 heterocycles. The van der Waals surface area contributed by atoms with E-state index in [1.165, 1.54) is 30.2 Å². The number of rotatable bonds is 5. The number of likely N-dealkylation sites (N-methyl/N-ethyl adjacent to an activating group) is 1. The maximum absolute atomic E-state index is 12.7. The van der Waals surface area contributed by atoms with Crippen LogP contribution < -0.4 is 10.1 Å². The highest BCUT2D eigenvalue weighted by Gasteiger charge is 2.32. The van der Waals surface area contributed by atoms with E-state index in [-0.39, 0.29) is 16.4 Å². The summed E-state index contributed by atoms with van der Waals surface area (Å²) < 4.78 is 7.20. The Hall–Kier alpha value is -3.53. The first-order chi connectivity index (χ1) is 14.2. The number of aromatic nitrogens is 1. The van der Waals surface area contributed by atoms with Crippen LogP contribution in [-0.4, -0.2) is 45.0 Å². The molecule has 9 nitrogen and oxygen atoms in total. The molecule has 0 aliphatic carbocycles. The Morgan fingerprint density at radius 3 is 2.57 bits per heavy atom. The molecule has 1 saturated heterocycles. The van der Waals surface area contributed by atoms with Crippen LogP contribution in [0, 0.1) is 24.0 Å². The van der Waals surface area contributed by atoms with Crippen molar-refractivity contribution in [1.82, 2.24) is 14.8 Å². The van der Waals surface area contributed by atoms with Crippen LogP contribution >= 0.6 is 12.2 Å². The van der Waals surface area contributed by atoms with Crippen molar-refractivity contribution in [3.63, 3.8) is 0 Å². The van der Waals surface area contributed by atoms with Crippen LogP contribution in [0.5, 0.6) is 5.75 Å². The van der Waals surface area contributed by atoms with Crippen LogP contribution in [0.15, 0.2) is 29.8 Å². The first-order valence-electron chi connectivity index (χ1n) is 9.10. The lowest BCUT2D eigenvalue weighted by Crippen LogP contribution is -2.53. The summed E-state index contributed by atoms with van der Waals surface area (Å²) in [6, 6.07) is 6.17. The number of benzene rings is 1. The van der Waals surface area contributed by atoms with Crippen molar-refractivity contribution in [3.05, 3.63) is 56.9 Å². The third-order valence-corrected chi connectivity index (χ3v) is 5.21. The van der Waals surface area contributed by atoms with Crippen LogP contribution in [0.2, 0.25) is 0 Å². The smallest absolute Gasteiger partial charge is 0.273 e. The van der Waals surface area contributed by atoms with Gasteiger partial charge in [-0.1, -0.05) is 0 Å². The number of methoxy groups -OCH3 is 1. The second-order valence-electron chi connectivity index (χ2n) is 6.64. The molecular weight excluding hydrogens is 408 g/mol. The van der Waals surface area contributed by atoms with E-state index in [0.717, 1.165) is 11.4 Å². The molecule has 1 aromatic heterocycles. The fourth-order valence-corrected chi connectivity index (χ4v) is 3.71. The van der Waals surface area contributed by atoms with Crippen LogP contribution in [0.4, 0.5) is 5.69 Å². The Kier molecular flexibility index (Phi) is 5.70. The average Bonchev–Trinajstić information content (AvgIpc) is 2.97. The van der Waals surface area contributed by atoms with Gasteiger partial charge in [-0.05, 0) is 56.8 Å². The third kappa shape index (κ3) is 3.57. The Labute approximate surface area is 178 Å². The number of carbonyl (C=O) groups is 2. The highest BCUT2D eigenvalue weighted by atomic mass is 32.1. The van der Waals surface area contributed by atoms with Gasteiger partial charge in [-0.25, -0.2) is 0 Å². The topological polar surface area (TPSA) is 107 Å². The number of nitrogens with zero attached hydrogens (tertiary/aromatic N) is 3. The van der Waals surface area contributed by atoms with Gasteiger partial charge < -0.3 is 9.30 Å². The number of nitrogens with one attached hydrogen (secondary N) is 1. The van der Waals surface area contributed by atoms with E-state index in [2.05, 4.69) is 5.32 Å². The van der Waals surface area contributed by atoms with Gasteiger partial charge in [-0.2, -0.15) is 0 Å². The lowest BCUT2D eigenvalue weighted by molar-refractivity contribution is -0.384. The van der Waals surface area contributed by atoms with E-state index >= 15 is 0 Å². The molecule has 0 unspecified atom stereocenters. The standard InChI is InChI=1S/C20H20N4O5S/c1-5-22-19(26)15(18(25)21-20(22)30)9-13-8-11(2)23(12(13)3)16-7-6-14(24(27)28)10-17(16)29-4/h6-10H,5H2,1-4H3,(H,21,25,30)/b15-9+. The summed E-state index contributed by atoms with van der Waals surface area (Å²) in [7, 11) is 1.44. The predicted octanol–water partition coefficient (Wildman–Crippen LogP) is 2.66. The van der Waals surface area contributed by atoms with Crippen molar-refractivity contribution in [2.45, 2.75) is 20.8 Å². The average molecular weight is 428 g/mol. The lowest BCUT2D eigenvalue weighted by atomic mass is 10.1. The molecule has 1 fully saturated rings. The monoisotopic (exact) mass is 428 g/mol. The first-order valence-corrected chi connectivity index (χ1v) is 9.51. The van der Waals surface area contributed by atoms with Crippen LogP contribution in [-0.2, 0) is 9.59 Å². The van der Waals surface area contributed by atoms with Gasteiger partial charge in [0, 0.05) is 24.0 Å². The molecule has 10 heteroatoms. The molecule has 156 valence electrons. The number of hydrogen-bond acceptors (Lipinski definition) is 6. The number of carbonyl (C=O) groups excluding carboxylic acids is 2. The zero-order valence-electron chi connectivity index (χ0n) is 16.9. The van der Waals surface area contributed by atoms with Gasteiger partial charge in [0.25, 0.3) is 17.5 Å². The summed E-state index contributed by atoms with van der Waals surface area (Å²) in [4.78, 5) is 36.9. The summed E-state index contributed by atoms with van der Waals surface area (Å²) in [5.74, 6) is -0.671. The molecule has 1 aliphatic heterocycles. The Bertz CT molecular complexity index is 1120. The van der Waals surface area contributed by atoms with Crippen LogP contribution in [0.25, 0.3) is 11.8 Å². The third-order valence-electron chi connectivity index (χ3n) is 4.89. The molecule has 0 bridgehead atoms. The summed E-state index contributed by atoms with van der Waals surface area (Å²) in [6.07, 6.45) is 1.53. The summed E-state index contributed by atoms with van der Waals surface area (Å²) in [5, 5.41) is 13.7. The van der Waals surface area contributed by atoms with Gasteiger partial charge >= 0.3 is 0 Å². The summed E-state index contributed by atoms with van der Waals surface area (Å²) >= 11 is 5.05. The molecule has 3 rings (SSSR count). The van der Waals surface area contributed by atoms with Crippen molar-refractivity contribution in [2.75, 3.05) is 13.7 Å². The number of ether oxygens (including phenoxy) is 1. The van der Waals surface area contributed by atoms with Crippen LogP contribution in [0.1, 0.15) is 23.9 Å². The molecule has 2 amide bonds. The molecule has 1 aromatic carbocycles. The number of amides is 2. The predicted molar refractivity (Wildman–Crippen MR) is 115 cm³/mol. The summed E-state index contributed by atoms with van der Waals surface area (Å²) in [5.41, 5.74) is 2.72. The van der Waals surface area contributed by atoms with Crippen molar-refractivity contribution in [1.29, 1.82) is 0 Å². The highest BCUT2D eigenvalue weighted by molar-refractivity contribution is 7.80. The number of thiocarbonyl (C=S) groups is 1. The van der Waals surface area contributed by atoms with Gasteiger partial charge in [0.05, 0.1) is 23.8 Å². The minimum absolute atomic E-state index is 0.0126. The molecular formula is C20H20N4O5S. The molecule has 0 radical (unpaired) electrons. The van der Waals surface area contributed by atoms with Crippen molar-refractivity contribution < 1.29 is 19.2 Å². The lowest BCUT2D eigenvalue weighted by Gasteiger charge is -2.27. The Morgan fingerprint density at radius 1 is 1.27 bits per heavy atom. The van der Waals surface area contributed by atoms with E-state index in [1.54, 1.807) is 13.0 Å². The van der Waals surface area contributed by atoms with Gasteiger partial charge in [0.2, 0.25) is 0 Å². The molecule has 2 aromatic rings. The normalized spacial score (nSPS) is 15.5. The van der Waals surface area contributed by atoms with Gasteiger partial charge in [0.1, 0.15) is 11.3 Å². The Balaban J connectivity index is 2.10. The van der Waals surface area contributed by atoms with E-state index in [0.29, 0.717) is 23.5 Å². The second kappa shape index (κ2) is 8.07. The number of aryl methyl sites for hydroxylation is 1. The first kappa shape index (κ1) is 21.2. The molecule has 1 N–H and O–H groups in total. The minimum atomic E-state index is -0.549. The fraction of sp³-hybridized carbons (Fsp3) is 0.250. The number of nitro groups is 1. The zero-order valence-corrected chi connectivity index (χ0v) is 17.7. The second-order valence-corrected chi connectivity index (χ2v) is 7.03. The molecule has 0 spiro atoms. The summed E-state index contributed by atoms with van der Waals surface area (Å²) in [6.45, 7) is 5.79. The SMILES string of the molecule is CCN1C(=O)/C(=C/c2cc(C)n(-c3ccc([N+](=O)[O-])cc3OC)c2C)C(=O)NC1=S. The maximum Gasteiger partial charge on any atom is 0.273 e. The zero-order chi connectivity index (χ0) is 22.2. The molecule has 30 heavy (non-hydrogen) atoms. The van der Waals surface area contributed by atoms with E-state index < -0.39 is 16.7 Å². The number of nitro benzene ring substituents is 1. The van der Waals surface area contributed by atoms with Crippen LogP contribution in [0.3, 0.4) is 0 Å². The Morgan fingerprint density at radius 2 is 1.97 bits per heavy atom. The van der Waals surface area contributed by atoms with E-state index in [1.807, 2.05) is 24.5 Å². The van der Waals surface area contributed by atoms with Crippen molar-refractivity contribution in [3.8, 4) is 11.4 Å². The highest BCUT2D eigenvalue weighted by Crippen LogP contribution is 2.32. The molecule has 1 aliphatic rings. The van der Waals surface area contributed by atoms with E-state index in [9.17, 15) is 19.7 Å². The largest absolute Gasteiger partial charge is 0.494 e. The quantitative estimate of drug-likeness (QED) is 0.258. The minimum Gasteiger partial charge on any atom is -0.494 e. The van der Waals surface area contributed by atoms with Gasteiger partial charge in [-0.3, -0.25) is 29.9 Å². The fourth-order valence-electron chi connectivity index (χ4n) is 3.41. The molecule has 0 atom stereocenters. The number of non-ortho nitro benzene ring substituents is 1.